The second kappa shape index (κ2) is 5.92. The highest BCUT2D eigenvalue weighted by atomic mass is 31.1. The molecule has 13 heavy (non-hydrogen) atoms. The van der Waals surface area contributed by atoms with E-state index in [4.69, 9.17) is 14.1 Å². The maximum absolute atomic E-state index is 5.14. The number of benzene rings is 1. The molecule has 0 heterocycles. The van der Waals surface area contributed by atoms with Crippen LogP contribution in [-0.2, 0) is 9.20 Å². The Kier molecular flexibility index (Phi) is 4.76. The Morgan fingerprint density at radius 3 is 2.46 bits per heavy atom. The van der Waals surface area contributed by atoms with Crippen LogP contribution < -0.4 is 4.89 Å². The smallest absolute Gasteiger partial charge is 0.208 e. The van der Waals surface area contributed by atoms with E-state index in [1.54, 1.807) is 0 Å². The molecule has 0 radical (unpaired) electrons. The minimum atomic E-state index is -0.0841. The summed E-state index contributed by atoms with van der Waals surface area (Å²) in [5.74, 6) is 0.683. The first-order chi connectivity index (χ1) is 6.29. The summed E-state index contributed by atoms with van der Waals surface area (Å²) in [4.78, 5) is 4.94. The van der Waals surface area contributed by atoms with Crippen molar-refractivity contribution < 1.29 is 14.1 Å². The van der Waals surface area contributed by atoms with Crippen LogP contribution in [0.1, 0.15) is 13.8 Å². The number of hydrogen-bond acceptors (Lipinski definition) is 3. The molecule has 0 aromatic heterocycles. The summed E-state index contributed by atoms with van der Waals surface area (Å²) >= 11 is 0. The quantitative estimate of drug-likeness (QED) is 0.316. The lowest BCUT2D eigenvalue weighted by Crippen LogP contribution is -1.95. The zero-order chi connectivity index (χ0) is 9.52. The first kappa shape index (κ1) is 10.5. The fourth-order valence-electron chi connectivity index (χ4n) is 0.657. The minimum absolute atomic E-state index is 0.0841. The topological polar surface area (TPSA) is 27.7 Å². The van der Waals surface area contributed by atoms with E-state index in [0.29, 0.717) is 5.75 Å². The van der Waals surface area contributed by atoms with Crippen molar-refractivity contribution in [3.63, 3.8) is 0 Å². The fraction of sp³-hybridized carbons (Fsp3) is 0.333. The van der Waals surface area contributed by atoms with E-state index < -0.39 is 0 Å². The minimum Gasteiger partial charge on any atom is -0.332 e. The summed E-state index contributed by atoms with van der Waals surface area (Å²) in [6.07, 6.45) is 0.165. The maximum atomic E-state index is 5.14. The predicted octanol–water partition coefficient (Wildman–Crippen LogP) is 2.93. The van der Waals surface area contributed by atoms with Gasteiger partial charge in [-0.2, -0.15) is 0 Å². The highest BCUT2D eigenvalue weighted by Crippen LogP contribution is 2.19. The molecule has 0 aliphatic carbocycles. The third-order valence-corrected chi connectivity index (χ3v) is 1.92. The van der Waals surface area contributed by atoms with Gasteiger partial charge in [0, 0.05) is 0 Å². The highest BCUT2D eigenvalue weighted by Gasteiger charge is 1.95. The second-order valence-electron chi connectivity index (χ2n) is 2.73. The Hall–Kier alpha value is -0.630. The van der Waals surface area contributed by atoms with E-state index in [2.05, 4.69) is 0 Å². The van der Waals surface area contributed by atoms with E-state index in [1.807, 2.05) is 44.2 Å². The van der Waals surface area contributed by atoms with Gasteiger partial charge in [-0.3, -0.25) is 0 Å². The second-order valence-corrected chi connectivity index (χ2v) is 3.30. The molecule has 72 valence electrons. The molecule has 0 saturated heterocycles. The van der Waals surface area contributed by atoms with Gasteiger partial charge in [-0.05, 0) is 26.0 Å². The van der Waals surface area contributed by atoms with Crippen LogP contribution in [-0.4, -0.2) is 6.10 Å². The van der Waals surface area contributed by atoms with Gasteiger partial charge in [0.2, 0.25) is 9.03 Å². The molecule has 3 nitrogen and oxygen atoms in total. The summed E-state index contributed by atoms with van der Waals surface area (Å²) in [6.45, 7) is 3.89. The lowest BCUT2D eigenvalue weighted by Gasteiger charge is -2.06. The summed E-state index contributed by atoms with van der Waals surface area (Å²) in [7, 11) is -0.0841. The molecular formula is C9H13O3P. The number of rotatable bonds is 5. The zero-order valence-electron chi connectivity index (χ0n) is 7.69. The van der Waals surface area contributed by atoms with Crippen molar-refractivity contribution in [3.05, 3.63) is 30.3 Å². The van der Waals surface area contributed by atoms with Crippen molar-refractivity contribution in [1.29, 1.82) is 0 Å². The van der Waals surface area contributed by atoms with Crippen LogP contribution in [0.15, 0.2) is 30.3 Å². The summed E-state index contributed by atoms with van der Waals surface area (Å²) in [5, 5.41) is 0. The maximum Gasteiger partial charge on any atom is 0.208 e. The Labute approximate surface area is 79.9 Å². The van der Waals surface area contributed by atoms with Crippen molar-refractivity contribution in [1.82, 2.24) is 0 Å². The first-order valence-electron chi connectivity index (χ1n) is 4.08. The lowest BCUT2D eigenvalue weighted by atomic mass is 10.3. The molecule has 0 N–H and O–H groups in total. The van der Waals surface area contributed by atoms with Crippen LogP contribution in [0.3, 0.4) is 0 Å². The Morgan fingerprint density at radius 1 is 1.15 bits per heavy atom. The summed E-state index contributed by atoms with van der Waals surface area (Å²) in [5.41, 5.74) is 0. The van der Waals surface area contributed by atoms with E-state index in [9.17, 15) is 0 Å². The molecular weight excluding hydrogens is 187 g/mol. The van der Waals surface area contributed by atoms with Gasteiger partial charge >= 0.3 is 0 Å². The monoisotopic (exact) mass is 200 g/mol. The highest BCUT2D eigenvalue weighted by molar-refractivity contribution is 7.26. The normalized spacial score (nSPS) is 11.3. The summed E-state index contributed by atoms with van der Waals surface area (Å²) in [6, 6.07) is 9.32. The van der Waals surface area contributed by atoms with Gasteiger partial charge in [0.05, 0.1) is 6.10 Å². The third-order valence-electron chi connectivity index (χ3n) is 1.20. The van der Waals surface area contributed by atoms with E-state index in [-0.39, 0.29) is 15.1 Å². The average Bonchev–Trinajstić information content (AvgIpc) is 2.14. The molecule has 1 atom stereocenters. The fourth-order valence-corrected chi connectivity index (χ4v) is 1.02. The van der Waals surface area contributed by atoms with Crippen molar-refractivity contribution in [2.75, 3.05) is 0 Å². The van der Waals surface area contributed by atoms with Crippen LogP contribution in [0.2, 0.25) is 0 Å². The molecule has 0 saturated carbocycles. The van der Waals surface area contributed by atoms with Crippen LogP contribution >= 0.6 is 9.03 Å². The predicted molar refractivity (Wildman–Crippen MR) is 52.7 cm³/mol. The van der Waals surface area contributed by atoms with Crippen LogP contribution in [0.5, 0.6) is 5.75 Å². The van der Waals surface area contributed by atoms with Gasteiger partial charge in [0.15, 0.2) is 5.75 Å². The van der Waals surface area contributed by atoms with Crippen molar-refractivity contribution >= 4 is 9.03 Å². The molecule has 0 bridgehead atoms. The summed E-state index contributed by atoms with van der Waals surface area (Å²) < 4.78 is 9.98. The van der Waals surface area contributed by atoms with Crippen LogP contribution in [0.4, 0.5) is 0 Å². The first-order valence-corrected chi connectivity index (χ1v) is 4.90. The Balaban J connectivity index is 2.13. The largest absolute Gasteiger partial charge is 0.332 e. The molecule has 1 aromatic carbocycles. The number of hydrogen-bond donors (Lipinski definition) is 0. The third kappa shape index (κ3) is 4.83. The van der Waals surface area contributed by atoms with Crippen molar-refractivity contribution in [2.45, 2.75) is 20.0 Å². The molecule has 0 amide bonds. The van der Waals surface area contributed by atoms with Gasteiger partial charge in [0.1, 0.15) is 0 Å². The van der Waals surface area contributed by atoms with Crippen molar-refractivity contribution in [3.8, 4) is 5.75 Å². The lowest BCUT2D eigenvalue weighted by molar-refractivity contribution is -0.0969. The van der Waals surface area contributed by atoms with Gasteiger partial charge in [0.25, 0.3) is 0 Å². The van der Waals surface area contributed by atoms with Gasteiger partial charge in [-0.15, -0.1) is 4.67 Å². The average molecular weight is 200 g/mol. The Morgan fingerprint density at radius 2 is 1.85 bits per heavy atom. The van der Waals surface area contributed by atoms with Crippen LogP contribution in [0, 0.1) is 0 Å². The molecule has 0 aliphatic heterocycles. The van der Waals surface area contributed by atoms with E-state index in [1.165, 1.54) is 0 Å². The number of para-hydroxylation sites is 1. The van der Waals surface area contributed by atoms with E-state index in [0.717, 1.165) is 0 Å². The molecule has 1 unspecified atom stereocenters. The molecule has 1 aromatic rings. The molecule has 0 spiro atoms. The van der Waals surface area contributed by atoms with E-state index >= 15 is 0 Å². The molecule has 4 heteroatoms. The van der Waals surface area contributed by atoms with Gasteiger partial charge in [-0.25, -0.2) is 0 Å². The van der Waals surface area contributed by atoms with Crippen molar-refractivity contribution in [2.24, 2.45) is 0 Å². The van der Waals surface area contributed by atoms with Gasteiger partial charge < -0.3 is 9.41 Å². The van der Waals surface area contributed by atoms with Gasteiger partial charge in [-0.1, -0.05) is 18.2 Å². The molecule has 1 rings (SSSR count). The molecule has 0 aliphatic rings. The SMILES string of the molecule is CC(C)OPOOc1ccccc1. The standard InChI is InChI=1S/C9H13O3P/c1-8(2)11-13-12-10-9-6-4-3-5-7-9/h3-8,13H,1-2H3. The molecule has 0 fully saturated rings. The zero-order valence-corrected chi connectivity index (χ0v) is 8.69. The Bertz CT molecular complexity index is 226. The van der Waals surface area contributed by atoms with Crippen LogP contribution in [0.25, 0.3) is 0 Å².